The van der Waals surface area contributed by atoms with E-state index < -0.39 is 0 Å². The number of ether oxygens (including phenoxy) is 1. The van der Waals surface area contributed by atoms with Crippen LogP contribution in [-0.2, 0) is 4.74 Å². The molecule has 2 saturated heterocycles. The zero-order valence-electron chi connectivity index (χ0n) is 14.2. The number of piperidine rings is 1. The Morgan fingerprint density at radius 2 is 1.96 bits per heavy atom. The highest BCUT2D eigenvalue weighted by Crippen LogP contribution is 2.37. The maximum absolute atomic E-state index is 12.3. The zero-order valence-corrected chi connectivity index (χ0v) is 14.2. The van der Waals surface area contributed by atoms with Crippen molar-refractivity contribution in [3.8, 4) is 0 Å². The number of carbonyl (C=O) groups is 1. The monoisotopic (exact) mass is 316 g/mol. The normalized spacial score (nSPS) is 23.3. The summed E-state index contributed by atoms with van der Waals surface area (Å²) in [6, 6.07) is 7.90. The van der Waals surface area contributed by atoms with Gasteiger partial charge in [-0.3, -0.25) is 4.79 Å². The van der Waals surface area contributed by atoms with Crippen LogP contribution in [-0.4, -0.2) is 37.2 Å². The number of carbonyl (C=O) groups excluding carboxylic acids is 1. The summed E-state index contributed by atoms with van der Waals surface area (Å²) in [5.41, 5.74) is 2.05. The van der Waals surface area contributed by atoms with E-state index in [9.17, 15) is 4.79 Å². The summed E-state index contributed by atoms with van der Waals surface area (Å²) in [6.45, 7) is 7.01. The Kier molecular flexibility index (Phi) is 5.02. The number of rotatable bonds is 4. The van der Waals surface area contributed by atoms with Crippen molar-refractivity contribution in [2.45, 2.75) is 57.2 Å². The SMILES string of the molecule is CC(C)c1ccc(C(=O)NCC2CCC3(CCNCC3)O2)cc1. The van der Waals surface area contributed by atoms with Gasteiger partial charge in [-0.2, -0.15) is 0 Å². The van der Waals surface area contributed by atoms with Crippen LogP contribution in [0.2, 0.25) is 0 Å². The van der Waals surface area contributed by atoms with E-state index in [-0.39, 0.29) is 17.6 Å². The maximum Gasteiger partial charge on any atom is 0.251 e. The molecule has 126 valence electrons. The first-order valence-electron chi connectivity index (χ1n) is 8.85. The highest BCUT2D eigenvalue weighted by molar-refractivity contribution is 5.94. The van der Waals surface area contributed by atoms with Gasteiger partial charge in [0, 0.05) is 12.1 Å². The lowest BCUT2D eigenvalue weighted by molar-refractivity contribution is -0.0576. The van der Waals surface area contributed by atoms with Gasteiger partial charge >= 0.3 is 0 Å². The van der Waals surface area contributed by atoms with Crippen molar-refractivity contribution in [1.29, 1.82) is 0 Å². The highest BCUT2D eigenvalue weighted by Gasteiger charge is 2.40. The predicted octanol–water partition coefficient (Wildman–Crippen LogP) is 2.84. The van der Waals surface area contributed by atoms with Crippen molar-refractivity contribution in [2.75, 3.05) is 19.6 Å². The topological polar surface area (TPSA) is 50.4 Å². The van der Waals surface area contributed by atoms with E-state index in [1.54, 1.807) is 0 Å². The molecule has 2 aliphatic heterocycles. The summed E-state index contributed by atoms with van der Waals surface area (Å²) < 4.78 is 6.27. The molecule has 2 fully saturated rings. The fourth-order valence-corrected chi connectivity index (χ4v) is 3.62. The molecule has 2 N–H and O–H groups in total. The van der Waals surface area contributed by atoms with Crippen molar-refractivity contribution in [3.05, 3.63) is 35.4 Å². The molecule has 0 bridgehead atoms. The molecule has 4 heteroatoms. The highest BCUT2D eigenvalue weighted by atomic mass is 16.5. The van der Waals surface area contributed by atoms with Crippen molar-refractivity contribution in [3.63, 3.8) is 0 Å². The standard InChI is InChI=1S/C19H28N2O2/c1-14(2)15-3-5-16(6-4-15)18(22)21-13-17-7-8-19(23-17)9-11-20-12-10-19/h3-6,14,17,20H,7-13H2,1-2H3,(H,21,22). The average molecular weight is 316 g/mol. The minimum absolute atomic E-state index is 0.00448. The summed E-state index contributed by atoms with van der Waals surface area (Å²) in [5, 5.41) is 6.42. The summed E-state index contributed by atoms with van der Waals surface area (Å²) in [5.74, 6) is 0.482. The van der Waals surface area contributed by atoms with Gasteiger partial charge in [-0.25, -0.2) is 0 Å². The van der Waals surface area contributed by atoms with Crippen LogP contribution in [0, 0.1) is 0 Å². The third-order valence-electron chi connectivity index (χ3n) is 5.18. The lowest BCUT2D eigenvalue weighted by Crippen LogP contribution is -2.43. The van der Waals surface area contributed by atoms with Crippen molar-refractivity contribution >= 4 is 5.91 Å². The number of hydrogen-bond donors (Lipinski definition) is 2. The van der Waals surface area contributed by atoms with Gasteiger partial charge in [0.15, 0.2) is 0 Å². The summed E-state index contributed by atoms with van der Waals surface area (Å²) in [6.07, 6.45) is 4.51. The molecule has 4 nitrogen and oxygen atoms in total. The van der Waals surface area contributed by atoms with E-state index in [0.29, 0.717) is 12.5 Å². The second-order valence-corrected chi connectivity index (χ2v) is 7.20. The number of nitrogens with one attached hydrogen (secondary N) is 2. The Morgan fingerprint density at radius 3 is 2.61 bits per heavy atom. The molecule has 1 aromatic carbocycles. The van der Waals surface area contributed by atoms with Gasteiger partial charge in [0.25, 0.3) is 5.91 Å². The summed E-state index contributed by atoms with van der Waals surface area (Å²) in [4.78, 5) is 12.3. The van der Waals surface area contributed by atoms with Gasteiger partial charge in [0.1, 0.15) is 0 Å². The quantitative estimate of drug-likeness (QED) is 0.898. The summed E-state index contributed by atoms with van der Waals surface area (Å²) in [7, 11) is 0. The van der Waals surface area contributed by atoms with Crippen molar-refractivity contribution in [1.82, 2.24) is 10.6 Å². The average Bonchev–Trinajstić information content (AvgIpc) is 2.96. The molecule has 3 rings (SSSR count). The Morgan fingerprint density at radius 1 is 1.26 bits per heavy atom. The third-order valence-corrected chi connectivity index (χ3v) is 5.18. The molecule has 0 aromatic heterocycles. The molecule has 1 unspecified atom stereocenters. The fraction of sp³-hybridized carbons (Fsp3) is 0.632. The summed E-state index contributed by atoms with van der Waals surface area (Å²) >= 11 is 0. The first kappa shape index (κ1) is 16.5. The molecule has 23 heavy (non-hydrogen) atoms. The van der Waals surface area contributed by atoms with Crippen LogP contribution in [0.25, 0.3) is 0 Å². The number of amides is 1. The van der Waals surface area contributed by atoms with Gasteiger partial charge in [-0.1, -0.05) is 26.0 Å². The molecular weight excluding hydrogens is 288 g/mol. The van der Waals surface area contributed by atoms with Crippen LogP contribution >= 0.6 is 0 Å². The molecule has 1 atom stereocenters. The van der Waals surface area contributed by atoms with Gasteiger partial charge in [0.2, 0.25) is 0 Å². The van der Waals surface area contributed by atoms with Crippen LogP contribution in [0.15, 0.2) is 24.3 Å². The first-order chi connectivity index (χ1) is 11.1. The lowest BCUT2D eigenvalue weighted by Gasteiger charge is -2.33. The molecule has 0 radical (unpaired) electrons. The van der Waals surface area contributed by atoms with Crippen LogP contribution in [0.3, 0.4) is 0 Å². The maximum atomic E-state index is 12.3. The minimum atomic E-state index is -0.00448. The Bertz CT molecular complexity index is 533. The molecule has 1 spiro atoms. The Balaban J connectivity index is 1.49. The van der Waals surface area contributed by atoms with Crippen LogP contribution in [0.1, 0.15) is 61.4 Å². The predicted molar refractivity (Wildman–Crippen MR) is 91.8 cm³/mol. The molecule has 1 aromatic rings. The Hall–Kier alpha value is -1.39. The van der Waals surface area contributed by atoms with Crippen LogP contribution in [0.5, 0.6) is 0 Å². The molecule has 2 heterocycles. The molecule has 2 aliphatic rings. The third kappa shape index (κ3) is 3.93. The molecule has 1 amide bonds. The fourth-order valence-electron chi connectivity index (χ4n) is 3.62. The zero-order chi connectivity index (χ0) is 16.3. The largest absolute Gasteiger partial charge is 0.370 e. The smallest absolute Gasteiger partial charge is 0.251 e. The second-order valence-electron chi connectivity index (χ2n) is 7.20. The minimum Gasteiger partial charge on any atom is -0.370 e. The van der Waals surface area contributed by atoms with Crippen LogP contribution in [0.4, 0.5) is 0 Å². The second kappa shape index (κ2) is 7.02. The van der Waals surface area contributed by atoms with Gasteiger partial charge in [-0.15, -0.1) is 0 Å². The van der Waals surface area contributed by atoms with Crippen molar-refractivity contribution < 1.29 is 9.53 Å². The van der Waals surface area contributed by atoms with E-state index in [1.807, 2.05) is 24.3 Å². The van der Waals surface area contributed by atoms with E-state index in [1.165, 1.54) is 5.56 Å². The first-order valence-corrected chi connectivity index (χ1v) is 8.85. The lowest BCUT2D eigenvalue weighted by atomic mass is 9.89. The van der Waals surface area contributed by atoms with Crippen molar-refractivity contribution in [2.24, 2.45) is 0 Å². The Labute approximate surface area is 139 Å². The molecule has 0 saturated carbocycles. The van der Waals surface area contributed by atoms with Crippen LogP contribution < -0.4 is 10.6 Å². The van der Waals surface area contributed by atoms with E-state index in [2.05, 4.69) is 24.5 Å². The molecule has 0 aliphatic carbocycles. The van der Waals surface area contributed by atoms with E-state index in [4.69, 9.17) is 4.74 Å². The van der Waals surface area contributed by atoms with Gasteiger partial charge < -0.3 is 15.4 Å². The van der Waals surface area contributed by atoms with Gasteiger partial charge in [-0.05, 0) is 62.4 Å². The van der Waals surface area contributed by atoms with Gasteiger partial charge in [0.05, 0.1) is 11.7 Å². The molecular formula is C19H28N2O2. The van der Waals surface area contributed by atoms with E-state index in [0.717, 1.165) is 44.3 Å². The van der Waals surface area contributed by atoms with E-state index >= 15 is 0 Å². The number of benzene rings is 1. The number of hydrogen-bond acceptors (Lipinski definition) is 3.